The van der Waals surface area contributed by atoms with Crippen molar-refractivity contribution < 1.29 is 14.7 Å². The smallest absolute Gasteiger partial charge is 0.335 e. The van der Waals surface area contributed by atoms with Crippen molar-refractivity contribution in [2.45, 2.75) is 18.9 Å². The molecule has 1 fully saturated rings. The molecule has 0 aliphatic carbocycles. The molecule has 96 valence electrons. The Hall–Kier alpha value is -1.56. The standard InChI is InChI=1S/C12H13BrN2O3/c13-15(9-5-2-1-3-6-9)12(18)14-8-4-7-10(14)11(16)17/h1-3,5-6,10H,4,7-8H2,(H,16,17). The molecule has 2 rings (SSSR count). The average molecular weight is 313 g/mol. The first-order valence-corrected chi connectivity index (χ1v) is 6.36. The molecule has 5 nitrogen and oxygen atoms in total. The monoisotopic (exact) mass is 312 g/mol. The molecule has 1 N–H and O–H groups in total. The molecule has 2 amide bonds. The normalized spacial score (nSPS) is 18.7. The topological polar surface area (TPSA) is 60.9 Å². The van der Waals surface area contributed by atoms with Crippen LogP contribution in [0, 0.1) is 0 Å². The van der Waals surface area contributed by atoms with Crippen LogP contribution in [0.25, 0.3) is 0 Å². The van der Waals surface area contributed by atoms with Crippen LogP contribution >= 0.6 is 16.1 Å². The number of anilines is 1. The second kappa shape index (κ2) is 5.39. The van der Waals surface area contributed by atoms with Gasteiger partial charge in [-0.25, -0.2) is 13.5 Å². The van der Waals surface area contributed by atoms with Gasteiger partial charge in [0.1, 0.15) is 6.04 Å². The molecular weight excluding hydrogens is 300 g/mol. The highest BCUT2D eigenvalue weighted by Crippen LogP contribution is 2.24. The number of nitrogens with zero attached hydrogens (tertiary/aromatic N) is 2. The van der Waals surface area contributed by atoms with Crippen molar-refractivity contribution in [1.29, 1.82) is 0 Å². The van der Waals surface area contributed by atoms with E-state index in [0.717, 1.165) is 6.42 Å². The second-order valence-electron chi connectivity index (χ2n) is 4.09. The molecular formula is C12H13BrN2O3. The Labute approximate surface area is 113 Å². The fourth-order valence-electron chi connectivity index (χ4n) is 2.03. The molecule has 0 radical (unpaired) electrons. The number of aliphatic carboxylic acids is 1. The van der Waals surface area contributed by atoms with E-state index in [2.05, 4.69) is 16.1 Å². The van der Waals surface area contributed by atoms with Crippen molar-refractivity contribution >= 4 is 33.8 Å². The van der Waals surface area contributed by atoms with E-state index in [0.29, 0.717) is 18.7 Å². The van der Waals surface area contributed by atoms with Gasteiger partial charge in [0.15, 0.2) is 0 Å². The molecule has 1 heterocycles. The molecule has 0 bridgehead atoms. The van der Waals surface area contributed by atoms with Crippen LogP contribution in [-0.2, 0) is 4.79 Å². The molecule has 1 aliphatic heterocycles. The van der Waals surface area contributed by atoms with E-state index in [1.54, 1.807) is 12.1 Å². The first-order valence-electron chi connectivity index (χ1n) is 5.65. The third kappa shape index (κ3) is 2.48. The third-order valence-electron chi connectivity index (χ3n) is 2.93. The highest BCUT2D eigenvalue weighted by atomic mass is 79.9. The number of likely N-dealkylation sites (tertiary alicyclic amines) is 1. The number of hydrogen-bond acceptors (Lipinski definition) is 2. The van der Waals surface area contributed by atoms with Crippen molar-refractivity contribution in [2.24, 2.45) is 0 Å². The number of amides is 2. The lowest BCUT2D eigenvalue weighted by Crippen LogP contribution is -2.45. The summed E-state index contributed by atoms with van der Waals surface area (Å²) in [6.07, 6.45) is 1.23. The molecule has 1 unspecified atom stereocenters. The highest BCUT2D eigenvalue weighted by molar-refractivity contribution is 9.10. The van der Waals surface area contributed by atoms with Crippen LogP contribution < -0.4 is 3.93 Å². The fraction of sp³-hybridized carbons (Fsp3) is 0.333. The second-order valence-corrected chi connectivity index (χ2v) is 4.80. The first kappa shape index (κ1) is 12.9. The maximum absolute atomic E-state index is 12.2. The number of benzene rings is 1. The van der Waals surface area contributed by atoms with E-state index >= 15 is 0 Å². The predicted octanol–water partition coefficient (Wildman–Crippen LogP) is 2.47. The lowest BCUT2D eigenvalue weighted by molar-refractivity contribution is -0.141. The Morgan fingerprint density at radius 3 is 2.61 bits per heavy atom. The fourth-order valence-corrected chi connectivity index (χ4v) is 2.47. The van der Waals surface area contributed by atoms with E-state index in [1.807, 2.05) is 18.2 Å². The van der Waals surface area contributed by atoms with Gasteiger partial charge in [-0.2, -0.15) is 0 Å². The molecule has 1 saturated heterocycles. The molecule has 0 spiro atoms. The lowest BCUT2D eigenvalue weighted by Gasteiger charge is -2.25. The maximum atomic E-state index is 12.2. The van der Waals surface area contributed by atoms with E-state index in [9.17, 15) is 9.59 Å². The highest BCUT2D eigenvalue weighted by Gasteiger charge is 2.36. The summed E-state index contributed by atoms with van der Waals surface area (Å²) in [5.41, 5.74) is 0.679. The van der Waals surface area contributed by atoms with Crippen molar-refractivity contribution in [2.75, 3.05) is 10.5 Å². The number of hydrogen-bond donors (Lipinski definition) is 1. The third-order valence-corrected chi connectivity index (χ3v) is 3.65. The summed E-state index contributed by atoms with van der Waals surface area (Å²) < 4.78 is 1.30. The summed E-state index contributed by atoms with van der Waals surface area (Å²) in [5.74, 6) is -0.949. The average Bonchev–Trinajstić information content (AvgIpc) is 2.87. The van der Waals surface area contributed by atoms with Gasteiger partial charge in [-0.1, -0.05) is 18.2 Å². The Balaban J connectivity index is 2.14. The number of urea groups is 1. The summed E-state index contributed by atoms with van der Waals surface area (Å²) in [6.45, 7) is 0.477. The predicted molar refractivity (Wildman–Crippen MR) is 70.6 cm³/mol. The van der Waals surface area contributed by atoms with Gasteiger partial charge >= 0.3 is 12.0 Å². The Morgan fingerprint density at radius 1 is 1.33 bits per heavy atom. The number of halogens is 1. The summed E-state index contributed by atoms with van der Waals surface area (Å²) in [5, 5.41) is 9.06. The Morgan fingerprint density at radius 2 is 2.00 bits per heavy atom. The summed E-state index contributed by atoms with van der Waals surface area (Å²) in [7, 11) is 0. The van der Waals surface area contributed by atoms with Gasteiger partial charge < -0.3 is 10.0 Å². The molecule has 1 aliphatic rings. The maximum Gasteiger partial charge on any atom is 0.335 e. The van der Waals surface area contributed by atoms with E-state index in [1.165, 1.54) is 8.83 Å². The van der Waals surface area contributed by atoms with Gasteiger partial charge in [0.2, 0.25) is 0 Å². The quantitative estimate of drug-likeness (QED) is 0.853. The number of para-hydroxylation sites is 1. The zero-order valence-electron chi connectivity index (χ0n) is 9.62. The first-order chi connectivity index (χ1) is 8.61. The van der Waals surface area contributed by atoms with Gasteiger partial charge in [0.25, 0.3) is 0 Å². The van der Waals surface area contributed by atoms with Crippen molar-refractivity contribution in [3.8, 4) is 0 Å². The van der Waals surface area contributed by atoms with Crippen LogP contribution in [0.4, 0.5) is 10.5 Å². The zero-order chi connectivity index (χ0) is 13.1. The summed E-state index contributed by atoms with van der Waals surface area (Å²) >= 11 is 3.19. The van der Waals surface area contributed by atoms with Crippen LogP contribution in [0.2, 0.25) is 0 Å². The molecule has 0 aromatic heterocycles. The number of carboxylic acid groups (broad SMARTS) is 1. The number of carbonyl (C=O) groups excluding carboxylic acids is 1. The van der Waals surface area contributed by atoms with E-state index in [-0.39, 0.29) is 6.03 Å². The van der Waals surface area contributed by atoms with Crippen LogP contribution in [0.1, 0.15) is 12.8 Å². The Kier molecular flexibility index (Phi) is 3.86. The largest absolute Gasteiger partial charge is 0.480 e. The molecule has 18 heavy (non-hydrogen) atoms. The molecule has 1 atom stereocenters. The number of carbonyl (C=O) groups is 2. The van der Waals surface area contributed by atoms with Gasteiger partial charge in [0.05, 0.1) is 21.8 Å². The van der Waals surface area contributed by atoms with Gasteiger partial charge in [-0.15, -0.1) is 0 Å². The molecule has 0 saturated carbocycles. The molecule has 6 heteroatoms. The Bertz CT molecular complexity index is 452. The molecule has 1 aromatic carbocycles. The van der Waals surface area contributed by atoms with Crippen molar-refractivity contribution in [1.82, 2.24) is 4.90 Å². The van der Waals surface area contributed by atoms with Crippen molar-refractivity contribution in [3.05, 3.63) is 30.3 Å². The number of carboxylic acids is 1. The van der Waals surface area contributed by atoms with Crippen LogP contribution in [0.5, 0.6) is 0 Å². The van der Waals surface area contributed by atoms with Crippen molar-refractivity contribution in [3.63, 3.8) is 0 Å². The van der Waals surface area contributed by atoms with Gasteiger partial charge in [-0.3, -0.25) is 0 Å². The van der Waals surface area contributed by atoms with E-state index in [4.69, 9.17) is 5.11 Å². The zero-order valence-corrected chi connectivity index (χ0v) is 11.2. The van der Waals surface area contributed by atoms with Crippen LogP contribution in [0.15, 0.2) is 30.3 Å². The molecule has 1 aromatic rings. The minimum atomic E-state index is -0.949. The lowest BCUT2D eigenvalue weighted by atomic mass is 10.2. The summed E-state index contributed by atoms with van der Waals surface area (Å²) in [4.78, 5) is 24.6. The van der Waals surface area contributed by atoms with Gasteiger partial charge in [-0.05, 0) is 25.0 Å². The van der Waals surface area contributed by atoms with Crippen LogP contribution in [0.3, 0.4) is 0 Å². The summed E-state index contributed by atoms with van der Waals surface area (Å²) in [6, 6.07) is 7.97. The minimum Gasteiger partial charge on any atom is -0.480 e. The van der Waals surface area contributed by atoms with Crippen LogP contribution in [-0.4, -0.2) is 34.6 Å². The van der Waals surface area contributed by atoms with Gasteiger partial charge in [0, 0.05) is 6.54 Å². The minimum absolute atomic E-state index is 0.342. The SMILES string of the molecule is O=C(O)C1CCCN1C(=O)N(Br)c1ccccc1. The number of rotatable bonds is 2. The van der Waals surface area contributed by atoms with E-state index < -0.39 is 12.0 Å².